The molecule has 5 heteroatoms. The third kappa shape index (κ3) is 3.11. The highest BCUT2D eigenvalue weighted by Gasteiger charge is 2.23. The van der Waals surface area contributed by atoms with Gasteiger partial charge >= 0.3 is 0 Å². The number of aromatic nitrogens is 2. The lowest BCUT2D eigenvalue weighted by molar-refractivity contribution is 0.673. The summed E-state index contributed by atoms with van der Waals surface area (Å²) in [7, 11) is 0. The Balaban J connectivity index is 1.45. The zero-order valence-corrected chi connectivity index (χ0v) is 23.0. The van der Waals surface area contributed by atoms with E-state index < -0.39 is 0 Å². The van der Waals surface area contributed by atoms with Gasteiger partial charge in [0.15, 0.2) is 0 Å². The summed E-state index contributed by atoms with van der Waals surface area (Å²) in [6, 6.07) is 41.6. The smallest absolute Gasteiger partial charge is 0.145 e. The Morgan fingerprint density at radius 1 is 0.488 bits per heavy atom. The van der Waals surface area contributed by atoms with E-state index in [1.54, 1.807) is 0 Å². The monoisotopic (exact) mass is 552 g/mol. The van der Waals surface area contributed by atoms with Crippen molar-refractivity contribution in [1.29, 1.82) is 10.8 Å². The van der Waals surface area contributed by atoms with Gasteiger partial charge in [0.1, 0.15) is 11.2 Å². The molecule has 0 bridgehead atoms. The molecule has 0 saturated carbocycles. The maximum absolute atomic E-state index is 8.79. The predicted octanol–water partition coefficient (Wildman–Crippen LogP) is 9.78. The zero-order valence-electron chi connectivity index (χ0n) is 23.0. The Morgan fingerprint density at radius 3 is 1.77 bits per heavy atom. The van der Waals surface area contributed by atoms with Crippen LogP contribution in [-0.2, 0) is 0 Å². The van der Waals surface area contributed by atoms with Crippen LogP contribution in [0.4, 0.5) is 0 Å². The van der Waals surface area contributed by atoms with E-state index in [9.17, 15) is 0 Å². The zero-order chi connectivity index (χ0) is 28.7. The third-order valence-electron chi connectivity index (χ3n) is 8.75. The molecule has 3 heterocycles. The second-order valence-corrected chi connectivity index (χ2v) is 10.9. The lowest BCUT2D eigenvalue weighted by Crippen LogP contribution is -2.09. The molecule has 0 radical (unpaired) electrons. The van der Waals surface area contributed by atoms with E-state index in [0.717, 1.165) is 88.1 Å². The maximum Gasteiger partial charge on any atom is 0.145 e. The molecule has 0 aliphatic heterocycles. The minimum atomic E-state index is 0.736. The van der Waals surface area contributed by atoms with Crippen molar-refractivity contribution in [2.24, 2.45) is 0 Å². The summed E-state index contributed by atoms with van der Waals surface area (Å²) in [5.74, 6) is 0. The number of nitrogens with one attached hydrogen (secondary N) is 2. The molecular formula is C38H24N4O. The molecular weight excluding hydrogens is 528 g/mol. The lowest BCUT2D eigenvalue weighted by Gasteiger charge is -2.19. The molecule has 0 unspecified atom stereocenters. The third-order valence-corrected chi connectivity index (χ3v) is 8.75. The molecule has 0 atom stereocenters. The summed E-state index contributed by atoms with van der Waals surface area (Å²) >= 11 is 0. The van der Waals surface area contributed by atoms with Crippen LogP contribution in [0.2, 0.25) is 0 Å². The number of benzene rings is 6. The molecule has 9 rings (SSSR count). The molecule has 0 aliphatic carbocycles. The number of nitrogens with zero attached hydrogens (tertiary/aromatic N) is 2. The van der Waals surface area contributed by atoms with E-state index in [1.807, 2.05) is 42.5 Å². The highest BCUT2D eigenvalue weighted by atomic mass is 16.3. The number of hydrogen-bond donors (Lipinski definition) is 2. The van der Waals surface area contributed by atoms with E-state index in [0.29, 0.717) is 0 Å². The molecule has 5 nitrogen and oxygen atoms in total. The number of fused-ring (bicyclic) bond motifs is 10. The summed E-state index contributed by atoms with van der Waals surface area (Å²) in [5.41, 5.74) is 9.02. The molecule has 0 aliphatic rings. The number of furan rings is 1. The van der Waals surface area contributed by atoms with Crippen molar-refractivity contribution in [2.75, 3.05) is 0 Å². The van der Waals surface area contributed by atoms with E-state index in [1.165, 1.54) is 12.4 Å². The van der Waals surface area contributed by atoms with Gasteiger partial charge < -0.3 is 24.4 Å². The quantitative estimate of drug-likeness (QED) is 0.210. The molecule has 3 aromatic heterocycles. The van der Waals surface area contributed by atoms with Crippen molar-refractivity contribution in [1.82, 2.24) is 9.13 Å². The Morgan fingerprint density at radius 2 is 1.09 bits per heavy atom. The Hall–Kier alpha value is -5.94. The molecule has 6 aromatic carbocycles. The van der Waals surface area contributed by atoms with Gasteiger partial charge in [-0.1, -0.05) is 72.8 Å². The van der Waals surface area contributed by atoms with Crippen molar-refractivity contribution in [3.8, 4) is 11.4 Å². The summed E-state index contributed by atoms with van der Waals surface area (Å²) in [6.07, 6.45) is 2.82. The van der Waals surface area contributed by atoms with Crippen LogP contribution in [0.3, 0.4) is 0 Å². The van der Waals surface area contributed by atoms with Crippen LogP contribution < -0.4 is 0 Å². The fourth-order valence-corrected chi connectivity index (χ4v) is 6.98. The van der Waals surface area contributed by atoms with E-state index >= 15 is 0 Å². The molecule has 0 amide bonds. The Labute approximate surface area is 245 Å². The standard InChI is InChI=1S/C38H24N4O/c39-21-23-17-19-33(29(22-40)37(23)42-30-13-5-1-9-24(30)25-10-2-6-14-31(25)42)41-32-15-7-3-12-28(32)36-34(41)20-18-27-26-11-4-8-16-35(26)43-38(27)36/h1-22,39-40H. The topological polar surface area (TPSA) is 70.7 Å². The van der Waals surface area contributed by atoms with Gasteiger partial charge in [0.2, 0.25) is 0 Å². The second kappa shape index (κ2) is 8.78. The van der Waals surface area contributed by atoms with Crippen LogP contribution in [0.15, 0.2) is 126 Å². The highest BCUT2D eigenvalue weighted by molar-refractivity contribution is 6.24. The van der Waals surface area contributed by atoms with Crippen LogP contribution in [0.1, 0.15) is 11.1 Å². The minimum Gasteiger partial charge on any atom is -0.455 e. The number of para-hydroxylation sites is 4. The van der Waals surface area contributed by atoms with Gasteiger partial charge in [0, 0.05) is 50.5 Å². The fourth-order valence-electron chi connectivity index (χ4n) is 6.98. The molecule has 0 spiro atoms. The fraction of sp³-hybridized carbons (Fsp3) is 0. The van der Waals surface area contributed by atoms with Crippen LogP contribution in [-0.4, -0.2) is 21.6 Å². The largest absolute Gasteiger partial charge is 0.455 e. The van der Waals surface area contributed by atoms with Gasteiger partial charge in [-0.2, -0.15) is 0 Å². The van der Waals surface area contributed by atoms with Crippen molar-refractivity contribution in [3.05, 3.63) is 132 Å². The molecule has 202 valence electrons. The summed E-state index contributed by atoms with van der Waals surface area (Å²) in [6.45, 7) is 0. The first-order chi connectivity index (χ1) is 21.3. The van der Waals surface area contributed by atoms with Crippen LogP contribution in [0.25, 0.3) is 76.9 Å². The maximum atomic E-state index is 8.79. The molecule has 2 N–H and O–H groups in total. The molecule has 43 heavy (non-hydrogen) atoms. The van der Waals surface area contributed by atoms with Gasteiger partial charge in [-0.15, -0.1) is 0 Å². The van der Waals surface area contributed by atoms with Gasteiger partial charge in [0.05, 0.1) is 38.8 Å². The van der Waals surface area contributed by atoms with Gasteiger partial charge in [0.25, 0.3) is 0 Å². The average Bonchev–Trinajstić information content (AvgIpc) is 3.71. The van der Waals surface area contributed by atoms with Crippen molar-refractivity contribution >= 4 is 78.0 Å². The average molecular weight is 553 g/mol. The van der Waals surface area contributed by atoms with Crippen LogP contribution >= 0.6 is 0 Å². The number of rotatable bonds is 4. The normalized spacial score (nSPS) is 11.9. The van der Waals surface area contributed by atoms with Crippen molar-refractivity contribution in [3.63, 3.8) is 0 Å². The first-order valence-electron chi connectivity index (χ1n) is 14.3. The van der Waals surface area contributed by atoms with Gasteiger partial charge in [-0.05, 0) is 48.5 Å². The highest BCUT2D eigenvalue weighted by Crippen LogP contribution is 2.42. The SMILES string of the molecule is N=Cc1ccc(-n2c3ccccc3c3c4oc5ccccc5c4ccc32)c(C=N)c1-n1c2ccccc2c2ccccc21. The summed E-state index contributed by atoms with van der Waals surface area (Å²) in [4.78, 5) is 0. The summed E-state index contributed by atoms with van der Waals surface area (Å²) in [5, 5.41) is 23.8. The van der Waals surface area contributed by atoms with Crippen LogP contribution in [0.5, 0.6) is 0 Å². The molecule has 0 saturated heterocycles. The molecule has 0 fully saturated rings. The number of hydrogen-bond acceptors (Lipinski definition) is 3. The predicted molar refractivity (Wildman–Crippen MR) is 178 cm³/mol. The lowest BCUT2D eigenvalue weighted by atomic mass is 10.0. The second-order valence-electron chi connectivity index (χ2n) is 10.9. The minimum absolute atomic E-state index is 0.736. The van der Waals surface area contributed by atoms with E-state index in [4.69, 9.17) is 15.2 Å². The Kier molecular flexibility index (Phi) is 4.85. The van der Waals surface area contributed by atoms with Gasteiger partial charge in [-0.25, -0.2) is 0 Å². The Bertz CT molecular complexity index is 2560. The first-order valence-corrected chi connectivity index (χ1v) is 14.3. The van der Waals surface area contributed by atoms with E-state index in [2.05, 4.69) is 88.0 Å². The van der Waals surface area contributed by atoms with Gasteiger partial charge in [-0.3, -0.25) is 0 Å². The molecule has 9 aromatic rings. The summed E-state index contributed by atoms with van der Waals surface area (Å²) < 4.78 is 11.0. The van der Waals surface area contributed by atoms with E-state index in [-0.39, 0.29) is 0 Å². The van der Waals surface area contributed by atoms with Crippen molar-refractivity contribution < 1.29 is 4.42 Å². The first kappa shape index (κ1) is 23.7. The van der Waals surface area contributed by atoms with Crippen LogP contribution in [0, 0.1) is 10.8 Å². The van der Waals surface area contributed by atoms with Crippen molar-refractivity contribution in [2.45, 2.75) is 0 Å².